The SMILES string of the molecule is FC(F)(F)C(F)(F)[C@](F)(Cl)C(Cl)(C(F)(F)F)C(F)(F)F. The van der Waals surface area contributed by atoms with E-state index in [1.807, 2.05) is 0 Å². The van der Waals surface area contributed by atoms with Gasteiger partial charge in [0.1, 0.15) is 0 Å². The van der Waals surface area contributed by atoms with Crippen molar-refractivity contribution in [3.63, 3.8) is 0 Å². The van der Waals surface area contributed by atoms with Gasteiger partial charge in [-0.2, -0.15) is 48.3 Å². The number of halogens is 14. The monoisotopic (exact) mass is 370 g/mol. The second-order valence-electron chi connectivity index (χ2n) is 3.30. The molecule has 122 valence electrons. The normalized spacial score (nSPS) is 18.9. The molecule has 0 spiro atoms. The molecule has 0 aromatic carbocycles. The summed E-state index contributed by atoms with van der Waals surface area (Å²) in [4.78, 5) is -6.69. The Bertz CT molecular complexity index is 346. The molecule has 1 atom stereocenters. The summed E-state index contributed by atoms with van der Waals surface area (Å²) in [5, 5.41) is -6.77. The molecule has 0 bridgehead atoms. The fraction of sp³-hybridized carbons (Fsp3) is 1.00. The largest absolute Gasteiger partial charge is 0.458 e. The van der Waals surface area contributed by atoms with Crippen LogP contribution in [0, 0.1) is 0 Å². The van der Waals surface area contributed by atoms with Gasteiger partial charge in [-0.05, 0) is 0 Å². The number of alkyl halides is 14. The van der Waals surface area contributed by atoms with Crippen molar-refractivity contribution in [2.75, 3.05) is 0 Å². The van der Waals surface area contributed by atoms with Gasteiger partial charge in [-0.25, -0.2) is 4.39 Å². The molecule has 0 aliphatic heterocycles. The smallest absolute Gasteiger partial charge is 0.216 e. The van der Waals surface area contributed by atoms with Crippen molar-refractivity contribution in [3.8, 4) is 0 Å². The van der Waals surface area contributed by atoms with E-state index in [4.69, 9.17) is 0 Å². The van der Waals surface area contributed by atoms with Crippen molar-refractivity contribution in [1.82, 2.24) is 0 Å². The van der Waals surface area contributed by atoms with Crippen molar-refractivity contribution in [2.45, 2.75) is 34.5 Å². The van der Waals surface area contributed by atoms with E-state index in [-0.39, 0.29) is 0 Å². The van der Waals surface area contributed by atoms with Crippen LogP contribution < -0.4 is 0 Å². The summed E-state index contributed by atoms with van der Waals surface area (Å²) in [7, 11) is 0. The summed E-state index contributed by atoms with van der Waals surface area (Å²) >= 11 is 7.42. The number of hydrogen-bond donors (Lipinski definition) is 0. The lowest BCUT2D eigenvalue weighted by atomic mass is 9.94. The molecule has 0 fully saturated rings. The molecule has 0 heterocycles. The summed E-state index contributed by atoms with van der Waals surface area (Å²) in [5.41, 5.74) is 0. The second kappa shape index (κ2) is 4.62. The Morgan fingerprint density at radius 3 is 0.850 bits per heavy atom. The minimum absolute atomic E-state index is 3.68. The molecular formula is C6Cl2F12. The summed E-state index contributed by atoms with van der Waals surface area (Å²) in [5.74, 6) is -7.24. The van der Waals surface area contributed by atoms with Gasteiger partial charge in [0, 0.05) is 0 Å². The lowest BCUT2D eigenvalue weighted by molar-refractivity contribution is -0.360. The molecule has 0 aromatic heterocycles. The molecule has 0 radical (unpaired) electrons. The first-order valence-electron chi connectivity index (χ1n) is 3.90. The van der Waals surface area contributed by atoms with Crippen LogP contribution in [0.25, 0.3) is 0 Å². The van der Waals surface area contributed by atoms with Crippen molar-refractivity contribution in [3.05, 3.63) is 0 Å². The zero-order chi connectivity index (χ0) is 17.0. The van der Waals surface area contributed by atoms with Crippen LogP contribution in [0.1, 0.15) is 0 Å². The Balaban J connectivity index is 6.38. The Labute approximate surface area is 111 Å². The molecular weight excluding hydrogens is 371 g/mol. The van der Waals surface area contributed by atoms with E-state index in [1.165, 1.54) is 0 Å². The van der Waals surface area contributed by atoms with E-state index in [1.54, 1.807) is 0 Å². The van der Waals surface area contributed by atoms with Gasteiger partial charge in [0.2, 0.25) is 0 Å². The predicted octanol–water partition coefficient (Wildman–Crippen LogP) is 5.19. The molecule has 0 nitrogen and oxygen atoms in total. The van der Waals surface area contributed by atoms with E-state index < -0.39 is 34.5 Å². The van der Waals surface area contributed by atoms with Crippen LogP contribution in [-0.4, -0.2) is 34.5 Å². The van der Waals surface area contributed by atoms with E-state index in [0.717, 1.165) is 0 Å². The minimum atomic E-state index is -7.24. The van der Waals surface area contributed by atoms with Crippen LogP contribution in [0.2, 0.25) is 0 Å². The lowest BCUT2D eigenvalue weighted by Gasteiger charge is -2.42. The lowest BCUT2D eigenvalue weighted by Crippen LogP contribution is -2.71. The molecule has 0 rings (SSSR count). The summed E-state index contributed by atoms with van der Waals surface area (Å²) in [6.07, 6.45) is -21.4. The molecule has 0 aliphatic rings. The van der Waals surface area contributed by atoms with Crippen LogP contribution in [0.4, 0.5) is 52.7 Å². The molecule has 0 amide bonds. The molecule has 0 unspecified atom stereocenters. The van der Waals surface area contributed by atoms with Gasteiger partial charge < -0.3 is 0 Å². The molecule has 0 saturated carbocycles. The first-order chi connectivity index (χ1) is 8.25. The van der Waals surface area contributed by atoms with E-state index in [2.05, 4.69) is 23.2 Å². The highest BCUT2D eigenvalue weighted by atomic mass is 35.5. The van der Waals surface area contributed by atoms with Crippen LogP contribution in [0.3, 0.4) is 0 Å². The quantitative estimate of drug-likeness (QED) is 0.463. The molecule has 0 aromatic rings. The topological polar surface area (TPSA) is 0 Å². The van der Waals surface area contributed by atoms with Gasteiger partial charge in [0.15, 0.2) is 0 Å². The third-order valence-electron chi connectivity index (χ3n) is 1.96. The zero-order valence-corrected chi connectivity index (χ0v) is 9.80. The Morgan fingerprint density at radius 1 is 0.450 bits per heavy atom. The van der Waals surface area contributed by atoms with Gasteiger partial charge in [0.25, 0.3) is 10.0 Å². The maximum absolute atomic E-state index is 13.1. The van der Waals surface area contributed by atoms with Crippen molar-refractivity contribution >= 4 is 23.2 Å². The second-order valence-corrected chi connectivity index (χ2v) is 4.39. The molecule has 14 heteroatoms. The third-order valence-corrected chi connectivity index (χ3v) is 3.27. The Morgan fingerprint density at radius 2 is 0.700 bits per heavy atom. The maximum Gasteiger partial charge on any atom is 0.458 e. The van der Waals surface area contributed by atoms with Gasteiger partial charge in [0.05, 0.1) is 0 Å². The first kappa shape index (κ1) is 19.7. The van der Waals surface area contributed by atoms with Gasteiger partial charge in [-0.15, -0.1) is 0 Å². The summed E-state index contributed by atoms with van der Waals surface area (Å²) < 4.78 is 146. The predicted molar refractivity (Wildman–Crippen MR) is 41.4 cm³/mol. The van der Waals surface area contributed by atoms with Crippen LogP contribution in [0.15, 0.2) is 0 Å². The standard InChI is InChI=1S/C6Cl2F12/c7-1(4(12,13)14,5(15,16)17)2(8,9)3(10,11)6(18,19)20/t2-/m0/s1. The zero-order valence-electron chi connectivity index (χ0n) is 8.29. The highest BCUT2D eigenvalue weighted by Gasteiger charge is 2.90. The summed E-state index contributed by atoms with van der Waals surface area (Å²) in [6, 6.07) is 0. The number of hydrogen-bond acceptors (Lipinski definition) is 0. The van der Waals surface area contributed by atoms with Gasteiger partial charge in [-0.1, -0.05) is 23.2 Å². The van der Waals surface area contributed by atoms with Crippen molar-refractivity contribution < 1.29 is 52.7 Å². The van der Waals surface area contributed by atoms with E-state index >= 15 is 0 Å². The molecule has 0 N–H and O–H groups in total. The van der Waals surface area contributed by atoms with E-state index in [0.29, 0.717) is 0 Å². The summed E-state index contributed by atoms with van der Waals surface area (Å²) in [6.45, 7) is 0. The van der Waals surface area contributed by atoms with Crippen LogP contribution >= 0.6 is 23.2 Å². The molecule has 20 heavy (non-hydrogen) atoms. The van der Waals surface area contributed by atoms with Gasteiger partial charge >= 0.3 is 24.5 Å². The fourth-order valence-corrected chi connectivity index (χ4v) is 1.35. The van der Waals surface area contributed by atoms with Gasteiger partial charge in [-0.3, -0.25) is 0 Å². The Hall–Kier alpha value is -0.260. The van der Waals surface area contributed by atoms with Crippen molar-refractivity contribution in [1.29, 1.82) is 0 Å². The molecule has 0 saturated heterocycles. The average Bonchev–Trinajstić information content (AvgIpc) is 2.10. The highest BCUT2D eigenvalue weighted by Crippen LogP contribution is 2.64. The number of rotatable bonds is 2. The van der Waals surface area contributed by atoms with Crippen LogP contribution in [-0.2, 0) is 0 Å². The first-order valence-corrected chi connectivity index (χ1v) is 4.65. The Kier molecular flexibility index (Phi) is 4.56. The highest BCUT2D eigenvalue weighted by molar-refractivity contribution is 6.35. The fourth-order valence-electron chi connectivity index (χ4n) is 0.911. The maximum atomic E-state index is 13.1. The van der Waals surface area contributed by atoms with E-state index in [9.17, 15) is 52.7 Å². The molecule has 0 aliphatic carbocycles. The average molecular weight is 371 g/mol. The van der Waals surface area contributed by atoms with Crippen LogP contribution in [0.5, 0.6) is 0 Å². The minimum Gasteiger partial charge on any atom is -0.216 e. The van der Waals surface area contributed by atoms with Crippen molar-refractivity contribution in [2.24, 2.45) is 0 Å². The third kappa shape index (κ3) is 2.48.